The first-order valence-corrected chi connectivity index (χ1v) is 10.1. The van der Waals surface area contributed by atoms with Gasteiger partial charge < -0.3 is 0 Å². The van der Waals surface area contributed by atoms with Crippen molar-refractivity contribution < 1.29 is 0 Å². The lowest BCUT2D eigenvalue weighted by molar-refractivity contribution is 0.449. The lowest BCUT2D eigenvalue weighted by atomic mass is 9.89. The van der Waals surface area contributed by atoms with Gasteiger partial charge in [-0.3, -0.25) is 0 Å². The zero-order valence-corrected chi connectivity index (χ0v) is 15.6. The quantitative estimate of drug-likeness (QED) is 0.253. The summed E-state index contributed by atoms with van der Waals surface area (Å²) >= 11 is 0. The van der Waals surface area contributed by atoms with Gasteiger partial charge in [0, 0.05) is 0 Å². The van der Waals surface area contributed by atoms with Crippen LogP contribution >= 0.6 is 0 Å². The summed E-state index contributed by atoms with van der Waals surface area (Å²) in [6, 6.07) is 0. The van der Waals surface area contributed by atoms with E-state index in [2.05, 4.69) is 34.1 Å². The van der Waals surface area contributed by atoms with Gasteiger partial charge in [-0.2, -0.15) is 0 Å². The molecular formula is C21H43. The van der Waals surface area contributed by atoms with Crippen LogP contribution in [0.4, 0.5) is 0 Å². The van der Waals surface area contributed by atoms with Crippen molar-refractivity contribution in [2.75, 3.05) is 0 Å². The first kappa shape index (κ1) is 21.0. The smallest absolute Gasteiger partial charge is 0.0329 e. The summed E-state index contributed by atoms with van der Waals surface area (Å²) in [5.41, 5.74) is 0. The molecule has 0 aliphatic heterocycles. The van der Waals surface area contributed by atoms with Gasteiger partial charge in [-0.15, -0.1) is 0 Å². The van der Waals surface area contributed by atoms with Crippen molar-refractivity contribution in [1.29, 1.82) is 0 Å². The predicted octanol–water partition coefficient (Wildman–Crippen LogP) is 7.96. The van der Waals surface area contributed by atoms with Crippen LogP contribution < -0.4 is 0 Å². The lowest BCUT2D eigenvalue weighted by Crippen LogP contribution is -2.04. The molecule has 2 unspecified atom stereocenters. The highest BCUT2D eigenvalue weighted by Gasteiger charge is 2.09. The van der Waals surface area contributed by atoms with E-state index in [-0.39, 0.29) is 0 Å². The van der Waals surface area contributed by atoms with Gasteiger partial charge in [-0.25, -0.2) is 0 Å². The van der Waals surface area contributed by atoms with E-state index in [4.69, 9.17) is 0 Å². The monoisotopic (exact) mass is 295 g/mol. The van der Waals surface area contributed by atoms with Gasteiger partial charge in [0.15, 0.2) is 0 Å². The summed E-state index contributed by atoms with van der Waals surface area (Å²) in [7, 11) is 0. The number of rotatable bonds is 16. The second-order valence-corrected chi connectivity index (χ2v) is 7.26. The Morgan fingerprint density at radius 2 is 0.857 bits per heavy atom. The van der Waals surface area contributed by atoms with E-state index in [1.807, 2.05) is 0 Å². The summed E-state index contributed by atoms with van der Waals surface area (Å²) < 4.78 is 0. The van der Waals surface area contributed by atoms with Crippen LogP contribution in [0.25, 0.3) is 0 Å². The average molecular weight is 296 g/mol. The van der Waals surface area contributed by atoms with Gasteiger partial charge in [0.2, 0.25) is 0 Å². The third-order valence-electron chi connectivity index (χ3n) is 4.68. The van der Waals surface area contributed by atoms with Gasteiger partial charge in [0.05, 0.1) is 0 Å². The predicted molar refractivity (Wildman–Crippen MR) is 98.6 cm³/mol. The van der Waals surface area contributed by atoms with Crippen molar-refractivity contribution >= 4 is 0 Å². The molecule has 0 amide bonds. The Bertz CT molecular complexity index is 164. The maximum atomic E-state index is 2.62. The summed E-state index contributed by atoms with van der Waals surface area (Å²) in [5, 5.41) is 0. The molecule has 0 bridgehead atoms. The molecule has 0 spiro atoms. The van der Waals surface area contributed by atoms with Crippen LogP contribution in [-0.4, -0.2) is 0 Å². The van der Waals surface area contributed by atoms with Crippen LogP contribution in [0.1, 0.15) is 118 Å². The molecule has 0 aromatic heterocycles. The highest BCUT2D eigenvalue weighted by molar-refractivity contribution is 4.78. The van der Waals surface area contributed by atoms with E-state index in [0.717, 1.165) is 11.8 Å². The number of hydrogen-bond acceptors (Lipinski definition) is 0. The normalized spacial score (nSPS) is 14.3. The van der Waals surface area contributed by atoms with E-state index >= 15 is 0 Å². The molecule has 127 valence electrons. The molecule has 1 radical (unpaired) electrons. The van der Waals surface area contributed by atoms with Crippen LogP contribution in [0, 0.1) is 18.3 Å². The molecule has 0 aliphatic carbocycles. The SMILES string of the molecule is CCCCCCCCC(C)[CH]C(C)CCCCCCCC. The molecule has 0 rings (SSSR count). The summed E-state index contributed by atoms with van der Waals surface area (Å²) in [4.78, 5) is 0. The molecule has 0 aliphatic rings. The maximum absolute atomic E-state index is 2.62. The highest BCUT2D eigenvalue weighted by atomic mass is 14.1. The Morgan fingerprint density at radius 3 is 1.24 bits per heavy atom. The Balaban J connectivity index is 3.33. The summed E-state index contributed by atoms with van der Waals surface area (Å²) in [5.74, 6) is 1.65. The molecule has 0 heteroatoms. The molecule has 0 N–H and O–H groups in total. The average Bonchev–Trinajstić information content (AvgIpc) is 2.46. The number of unbranched alkanes of at least 4 members (excludes halogenated alkanes) is 10. The molecule has 21 heavy (non-hydrogen) atoms. The fraction of sp³-hybridized carbons (Fsp3) is 0.952. The fourth-order valence-electron chi connectivity index (χ4n) is 3.25. The van der Waals surface area contributed by atoms with E-state index in [9.17, 15) is 0 Å². The second kappa shape index (κ2) is 16.4. The highest BCUT2D eigenvalue weighted by Crippen LogP contribution is 2.22. The van der Waals surface area contributed by atoms with Crippen molar-refractivity contribution in [1.82, 2.24) is 0 Å². The summed E-state index contributed by atoms with van der Waals surface area (Å²) in [6.07, 6.45) is 22.6. The van der Waals surface area contributed by atoms with Crippen molar-refractivity contribution in [3.8, 4) is 0 Å². The van der Waals surface area contributed by atoms with E-state index < -0.39 is 0 Å². The van der Waals surface area contributed by atoms with Crippen LogP contribution in [0.2, 0.25) is 0 Å². The van der Waals surface area contributed by atoms with Crippen LogP contribution in [-0.2, 0) is 0 Å². The van der Waals surface area contributed by atoms with Crippen LogP contribution in [0.3, 0.4) is 0 Å². The minimum atomic E-state index is 0.825. The second-order valence-electron chi connectivity index (χ2n) is 7.26. The fourth-order valence-corrected chi connectivity index (χ4v) is 3.25. The first-order chi connectivity index (χ1) is 10.2. The number of hydrogen-bond donors (Lipinski definition) is 0. The van der Waals surface area contributed by atoms with Crippen LogP contribution in [0.15, 0.2) is 0 Å². The van der Waals surface area contributed by atoms with Gasteiger partial charge in [-0.1, -0.05) is 118 Å². The first-order valence-electron chi connectivity index (χ1n) is 10.1. The van der Waals surface area contributed by atoms with Crippen molar-refractivity contribution in [3.63, 3.8) is 0 Å². The van der Waals surface area contributed by atoms with Gasteiger partial charge in [0.25, 0.3) is 0 Å². The Hall–Kier alpha value is 0. The van der Waals surface area contributed by atoms with Crippen molar-refractivity contribution in [3.05, 3.63) is 6.42 Å². The summed E-state index contributed by atoms with van der Waals surface area (Å²) in [6.45, 7) is 9.43. The van der Waals surface area contributed by atoms with Crippen molar-refractivity contribution in [2.45, 2.75) is 118 Å². The van der Waals surface area contributed by atoms with Crippen LogP contribution in [0.5, 0.6) is 0 Å². The molecule has 2 atom stereocenters. The van der Waals surface area contributed by atoms with Gasteiger partial charge >= 0.3 is 0 Å². The minimum absolute atomic E-state index is 0.825. The lowest BCUT2D eigenvalue weighted by Gasteiger charge is -2.17. The third kappa shape index (κ3) is 16.2. The van der Waals surface area contributed by atoms with E-state index in [0.29, 0.717) is 0 Å². The molecular weight excluding hydrogens is 252 g/mol. The third-order valence-corrected chi connectivity index (χ3v) is 4.68. The molecule has 0 aromatic rings. The Labute approximate surface area is 136 Å². The van der Waals surface area contributed by atoms with Gasteiger partial charge in [0.1, 0.15) is 0 Å². The largest absolute Gasteiger partial charge is 0.0654 e. The van der Waals surface area contributed by atoms with Crippen molar-refractivity contribution in [2.24, 2.45) is 11.8 Å². The van der Waals surface area contributed by atoms with Gasteiger partial charge in [-0.05, 0) is 18.3 Å². The molecule has 0 saturated heterocycles. The zero-order valence-electron chi connectivity index (χ0n) is 15.6. The molecule has 0 heterocycles. The maximum Gasteiger partial charge on any atom is -0.0329 e. The molecule has 0 fully saturated rings. The Kier molecular flexibility index (Phi) is 16.4. The minimum Gasteiger partial charge on any atom is -0.0654 e. The standard InChI is InChI=1S/C21H43/c1-5-7-9-11-13-15-17-20(3)19-21(4)18-16-14-12-10-8-6-2/h19-21H,5-18H2,1-4H3. The topological polar surface area (TPSA) is 0 Å². The van der Waals surface area contributed by atoms with E-state index in [1.165, 1.54) is 89.9 Å². The zero-order chi connectivity index (χ0) is 15.8. The Morgan fingerprint density at radius 1 is 0.524 bits per heavy atom. The molecule has 0 saturated carbocycles. The molecule has 0 nitrogen and oxygen atoms in total. The van der Waals surface area contributed by atoms with E-state index in [1.54, 1.807) is 0 Å². The molecule has 0 aromatic carbocycles.